The lowest BCUT2D eigenvalue weighted by atomic mass is 10.2. The summed E-state index contributed by atoms with van der Waals surface area (Å²) in [7, 11) is 0. The maximum absolute atomic E-state index is 12.8. The minimum absolute atomic E-state index is 0.255. The molecule has 4 nitrogen and oxygen atoms in total. The molecule has 0 spiro atoms. The molecule has 0 unspecified atom stereocenters. The van der Waals surface area contributed by atoms with Crippen LogP contribution in [0, 0.1) is 0 Å². The van der Waals surface area contributed by atoms with Gasteiger partial charge in [0.2, 0.25) is 5.91 Å². The highest BCUT2D eigenvalue weighted by Crippen LogP contribution is 2.14. The molecule has 0 atom stereocenters. The SMILES string of the molecule is CC(C)N(CC(=O)N1CCN(Cc2cccs2)CC1)Cc1ccccc1. The second-order valence-electron chi connectivity index (χ2n) is 7.22. The monoisotopic (exact) mass is 371 g/mol. The quantitative estimate of drug-likeness (QED) is 0.747. The Morgan fingerprint density at radius 1 is 1.08 bits per heavy atom. The van der Waals surface area contributed by atoms with Crippen LogP contribution in [0.3, 0.4) is 0 Å². The Balaban J connectivity index is 1.49. The second-order valence-corrected chi connectivity index (χ2v) is 8.25. The average Bonchev–Trinajstić information content (AvgIpc) is 3.15. The van der Waals surface area contributed by atoms with Crippen molar-refractivity contribution in [3.63, 3.8) is 0 Å². The number of hydrogen-bond donors (Lipinski definition) is 0. The number of nitrogens with zero attached hydrogens (tertiary/aromatic N) is 3. The molecule has 0 N–H and O–H groups in total. The van der Waals surface area contributed by atoms with Crippen molar-refractivity contribution in [1.29, 1.82) is 0 Å². The standard InChI is InChI=1S/C21H29N3OS/c1-18(2)24(15-19-7-4-3-5-8-19)17-21(25)23-12-10-22(11-13-23)16-20-9-6-14-26-20/h3-9,14,18H,10-13,15-17H2,1-2H3. The normalized spacial score (nSPS) is 15.8. The largest absolute Gasteiger partial charge is 0.339 e. The zero-order valence-corrected chi connectivity index (χ0v) is 16.6. The highest BCUT2D eigenvalue weighted by molar-refractivity contribution is 7.09. The van der Waals surface area contributed by atoms with Gasteiger partial charge >= 0.3 is 0 Å². The third-order valence-corrected chi connectivity index (χ3v) is 5.84. The predicted octanol–water partition coefficient (Wildman–Crippen LogP) is 3.30. The van der Waals surface area contributed by atoms with Crippen molar-refractivity contribution in [3.8, 4) is 0 Å². The van der Waals surface area contributed by atoms with Crippen LogP contribution in [0.25, 0.3) is 0 Å². The number of benzene rings is 1. The van der Waals surface area contributed by atoms with E-state index in [0.717, 1.165) is 39.3 Å². The summed E-state index contributed by atoms with van der Waals surface area (Å²) in [6, 6.07) is 15.0. The maximum Gasteiger partial charge on any atom is 0.236 e. The minimum atomic E-state index is 0.255. The number of rotatable bonds is 7. The van der Waals surface area contributed by atoms with E-state index < -0.39 is 0 Å². The van der Waals surface area contributed by atoms with Gasteiger partial charge in [0.05, 0.1) is 6.54 Å². The fourth-order valence-corrected chi connectivity index (χ4v) is 4.04. The van der Waals surface area contributed by atoms with E-state index in [9.17, 15) is 4.79 Å². The van der Waals surface area contributed by atoms with Gasteiger partial charge in [-0.3, -0.25) is 14.6 Å². The fraction of sp³-hybridized carbons (Fsp3) is 0.476. The van der Waals surface area contributed by atoms with E-state index >= 15 is 0 Å². The van der Waals surface area contributed by atoms with Gasteiger partial charge < -0.3 is 4.90 Å². The highest BCUT2D eigenvalue weighted by Gasteiger charge is 2.23. The van der Waals surface area contributed by atoms with Crippen LogP contribution in [0.4, 0.5) is 0 Å². The number of carbonyl (C=O) groups excluding carboxylic acids is 1. The Morgan fingerprint density at radius 3 is 2.42 bits per heavy atom. The summed E-state index contributed by atoms with van der Waals surface area (Å²) >= 11 is 1.81. The van der Waals surface area contributed by atoms with Crippen LogP contribution in [0.2, 0.25) is 0 Å². The van der Waals surface area contributed by atoms with Crippen LogP contribution in [0.15, 0.2) is 47.8 Å². The smallest absolute Gasteiger partial charge is 0.236 e. The van der Waals surface area contributed by atoms with E-state index in [0.29, 0.717) is 12.6 Å². The van der Waals surface area contributed by atoms with Crippen LogP contribution < -0.4 is 0 Å². The van der Waals surface area contributed by atoms with E-state index in [1.807, 2.05) is 22.3 Å². The first-order chi connectivity index (χ1) is 12.6. The van der Waals surface area contributed by atoms with Crippen molar-refractivity contribution in [2.45, 2.75) is 33.0 Å². The van der Waals surface area contributed by atoms with Gasteiger partial charge in [-0.15, -0.1) is 11.3 Å². The summed E-state index contributed by atoms with van der Waals surface area (Å²) in [6.45, 7) is 10.2. The summed E-state index contributed by atoms with van der Waals surface area (Å²) in [6.07, 6.45) is 0. The van der Waals surface area contributed by atoms with Crippen molar-refractivity contribution in [2.75, 3.05) is 32.7 Å². The molecule has 5 heteroatoms. The highest BCUT2D eigenvalue weighted by atomic mass is 32.1. The summed E-state index contributed by atoms with van der Waals surface area (Å²) in [5, 5.41) is 2.13. The minimum Gasteiger partial charge on any atom is -0.339 e. The molecular weight excluding hydrogens is 342 g/mol. The number of piperazine rings is 1. The van der Waals surface area contributed by atoms with Gasteiger partial charge in [-0.05, 0) is 30.9 Å². The van der Waals surface area contributed by atoms with E-state index in [1.54, 1.807) is 0 Å². The number of amides is 1. The van der Waals surface area contributed by atoms with E-state index in [2.05, 4.69) is 65.4 Å². The number of thiophene rings is 1. The van der Waals surface area contributed by atoms with Crippen molar-refractivity contribution in [3.05, 3.63) is 58.3 Å². The van der Waals surface area contributed by atoms with Gasteiger partial charge in [-0.2, -0.15) is 0 Å². The van der Waals surface area contributed by atoms with Crippen LogP contribution in [-0.4, -0.2) is 59.4 Å². The van der Waals surface area contributed by atoms with E-state index in [-0.39, 0.29) is 5.91 Å². The lowest BCUT2D eigenvalue weighted by Crippen LogP contribution is -2.51. The van der Waals surface area contributed by atoms with Crippen LogP contribution >= 0.6 is 11.3 Å². The van der Waals surface area contributed by atoms with Crippen molar-refractivity contribution >= 4 is 17.2 Å². The molecule has 1 fully saturated rings. The van der Waals surface area contributed by atoms with E-state index in [1.165, 1.54) is 10.4 Å². The van der Waals surface area contributed by atoms with Gasteiger partial charge in [0.15, 0.2) is 0 Å². The Bertz CT molecular complexity index is 664. The maximum atomic E-state index is 12.8. The second kappa shape index (κ2) is 9.31. The molecule has 1 aromatic heterocycles. The molecular formula is C21H29N3OS. The fourth-order valence-electron chi connectivity index (χ4n) is 3.29. The average molecular weight is 372 g/mol. The topological polar surface area (TPSA) is 26.8 Å². The first kappa shape index (κ1) is 19.1. The molecule has 0 bridgehead atoms. The lowest BCUT2D eigenvalue weighted by Gasteiger charge is -2.36. The van der Waals surface area contributed by atoms with Gasteiger partial charge in [0.25, 0.3) is 0 Å². The molecule has 1 saturated heterocycles. The van der Waals surface area contributed by atoms with Crippen molar-refractivity contribution < 1.29 is 4.79 Å². The summed E-state index contributed by atoms with van der Waals surface area (Å²) in [4.78, 5) is 20.9. The van der Waals surface area contributed by atoms with Gasteiger partial charge in [-0.1, -0.05) is 36.4 Å². The van der Waals surface area contributed by atoms with E-state index in [4.69, 9.17) is 0 Å². The molecule has 3 rings (SSSR count). The zero-order valence-electron chi connectivity index (χ0n) is 15.8. The molecule has 140 valence electrons. The van der Waals surface area contributed by atoms with Gasteiger partial charge in [-0.25, -0.2) is 0 Å². The molecule has 2 heterocycles. The summed E-state index contributed by atoms with van der Waals surface area (Å²) in [5.41, 5.74) is 1.26. The third-order valence-electron chi connectivity index (χ3n) is 4.98. The predicted molar refractivity (Wildman–Crippen MR) is 108 cm³/mol. The molecule has 1 amide bonds. The van der Waals surface area contributed by atoms with Crippen molar-refractivity contribution in [1.82, 2.24) is 14.7 Å². The van der Waals surface area contributed by atoms with Crippen molar-refractivity contribution in [2.24, 2.45) is 0 Å². The number of hydrogen-bond acceptors (Lipinski definition) is 4. The first-order valence-electron chi connectivity index (χ1n) is 9.42. The first-order valence-corrected chi connectivity index (χ1v) is 10.3. The zero-order chi connectivity index (χ0) is 18.4. The molecule has 1 aromatic carbocycles. The van der Waals surface area contributed by atoms with Gasteiger partial charge in [0.1, 0.15) is 0 Å². The van der Waals surface area contributed by atoms with Crippen LogP contribution in [-0.2, 0) is 17.9 Å². The Kier molecular flexibility index (Phi) is 6.83. The molecule has 1 aliphatic rings. The molecule has 0 saturated carbocycles. The number of carbonyl (C=O) groups is 1. The molecule has 0 aliphatic carbocycles. The van der Waals surface area contributed by atoms with Crippen LogP contribution in [0.1, 0.15) is 24.3 Å². The Morgan fingerprint density at radius 2 is 1.81 bits per heavy atom. The Labute approximate surface area is 161 Å². The molecule has 0 radical (unpaired) electrons. The molecule has 2 aromatic rings. The summed E-state index contributed by atoms with van der Waals surface area (Å²) in [5.74, 6) is 0.255. The van der Waals surface area contributed by atoms with Crippen LogP contribution in [0.5, 0.6) is 0 Å². The third kappa shape index (κ3) is 5.40. The molecule has 26 heavy (non-hydrogen) atoms. The Hall–Kier alpha value is -1.69. The van der Waals surface area contributed by atoms with Gasteiger partial charge in [0, 0.05) is 50.2 Å². The lowest BCUT2D eigenvalue weighted by molar-refractivity contribution is -0.134. The molecule has 1 aliphatic heterocycles. The summed E-state index contributed by atoms with van der Waals surface area (Å²) < 4.78 is 0.